The van der Waals surface area contributed by atoms with Gasteiger partial charge in [0.25, 0.3) is 0 Å². The fraction of sp³-hybridized carbons (Fsp3) is 0.435. The molecule has 1 saturated heterocycles. The molecule has 0 saturated carbocycles. The minimum atomic E-state index is -0.612. The molecule has 1 heterocycles. The number of piperidine rings is 1. The first kappa shape index (κ1) is 21.3. The lowest BCUT2D eigenvalue weighted by Crippen LogP contribution is -2.45. The molecule has 0 bridgehead atoms. The van der Waals surface area contributed by atoms with Gasteiger partial charge < -0.3 is 19.9 Å². The number of nitrogens with zero attached hydrogens (tertiary/aromatic N) is 1. The van der Waals surface area contributed by atoms with Crippen LogP contribution in [-0.4, -0.2) is 61.5 Å². The first-order valence-electron chi connectivity index (χ1n) is 10.1. The molecule has 1 fully saturated rings. The van der Waals surface area contributed by atoms with Crippen molar-refractivity contribution < 1.29 is 19.4 Å². The number of esters is 1. The van der Waals surface area contributed by atoms with Gasteiger partial charge in [-0.25, -0.2) is 4.79 Å². The second-order valence-corrected chi connectivity index (χ2v) is 7.43. The van der Waals surface area contributed by atoms with E-state index in [0.29, 0.717) is 23.9 Å². The van der Waals surface area contributed by atoms with Crippen molar-refractivity contribution in [3.05, 3.63) is 65.7 Å². The van der Waals surface area contributed by atoms with Gasteiger partial charge in [-0.2, -0.15) is 0 Å². The average Bonchev–Trinajstić information content (AvgIpc) is 2.77. The van der Waals surface area contributed by atoms with Crippen LogP contribution in [0.1, 0.15) is 28.8 Å². The summed E-state index contributed by atoms with van der Waals surface area (Å²) in [6, 6.07) is 17.7. The maximum absolute atomic E-state index is 11.6. The van der Waals surface area contributed by atoms with Crippen molar-refractivity contribution in [1.82, 2.24) is 10.2 Å². The molecular formula is C23H30N2O4. The summed E-state index contributed by atoms with van der Waals surface area (Å²) in [5.41, 5.74) is 1.78. The van der Waals surface area contributed by atoms with E-state index in [1.165, 1.54) is 12.7 Å². The zero-order valence-corrected chi connectivity index (χ0v) is 16.9. The van der Waals surface area contributed by atoms with Gasteiger partial charge in [0.15, 0.2) is 0 Å². The van der Waals surface area contributed by atoms with Crippen LogP contribution in [0.2, 0.25) is 0 Å². The Labute approximate surface area is 172 Å². The summed E-state index contributed by atoms with van der Waals surface area (Å²) in [7, 11) is 1.34. The summed E-state index contributed by atoms with van der Waals surface area (Å²) in [5.74, 6) is 0.137. The number of hydrogen-bond acceptors (Lipinski definition) is 6. The second-order valence-electron chi connectivity index (χ2n) is 7.43. The normalized spacial score (nSPS) is 16.3. The number of hydrogen-bond donors (Lipinski definition) is 2. The quantitative estimate of drug-likeness (QED) is 0.633. The number of carbonyl (C=O) groups is 1. The van der Waals surface area contributed by atoms with E-state index in [-0.39, 0.29) is 6.61 Å². The van der Waals surface area contributed by atoms with Crippen LogP contribution in [0, 0.1) is 0 Å². The average molecular weight is 399 g/mol. The van der Waals surface area contributed by atoms with Crippen LogP contribution < -0.4 is 10.1 Å². The van der Waals surface area contributed by atoms with E-state index in [9.17, 15) is 9.90 Å². The van der Waals surface area contributed by atoms with E-state index < -0.39 is 12.1 Å². The summed E-state index contributed by atoms with van der Waals surface area (Å²) in [5, 5.41) is 13.7. The smallest absolute Gasteiger partial charge is 0.337 e. The van der Waals surface area contributed by atoms with Crippen molar-refractivity contribution in [1.29, 1.82) is 0 Å². The van der Waals surface area contributed by atoms with Crippen LogP contribution in [0.3, 0.4) is 0 Å². The fourth-order valence-corrected chi connectivity index (χ4v) is 3.52. The monoisotopic (exact) mass is 398 g/mol. The number of carbonyl (C=O) groups excluding carboxylic acids is 1. The Morgan fingerprint density at radius 2 is 1.93 bits per heavy atom. The Balaban J connectivity index is 1.34. The van der Waals surface area contributed by atoms with Crippen molar-refractivity contribution in [3.8, 4) is 5.75 Å². The molecule has 2 aromatic rings. The molecular weight excluding hydrogens is 368 g/mol. The van der Waals surface area contributed by atoms with E-state index in [1.54, 1.807) is 24.3 Å². The molecule has 0 spiro atoms. The van der Waals surface area contributed by atoms with Crippen molar-refractivity contribution in [2.45, 2.75) is 31.5 Å². The number of aliphatic hydroxyl groups is 1. The van der Waals surface area contributed by atoms with Gasteiger partial charge in [-0.05, 0) is 49.7 Å². The third-order valence-electron chi connectivity index (χ3n) is 5.18. The van der Waals surface area contributed by atoms with Gasteiger partial charge in [0.1, 0.15) is 18.5 Å². The van der Waals surface area contributed by atoms with E-state index in [4.69, 9.17) is 9.47 Å². The van der Waals surface area contributed by atoms with Crippen molar-refractivity contribution in [2.24, 2.45) is 0 Å². The van der Waals surface area contributed by atoms with Crippen molar-refractivity contribution in [3.63, 3.8) is 0 Å². The lowest BCUT2D eigenvalue weighted by Gasteiger charge is -2.33. The highest BCUT2D eigenvalue weighted by atomic mass is 16.5. The number of ether oxygens (including phenoxy) is 2. The van der Waals surface area contributed by atoms with Crippen LogP contribution in [0.5, 0.6) is 5.75 Å². The van der Waals surface area contributed by atoms with Crippen LogP contribution >= 0.6 is 0 Å². The largest absolute Gasteiger partial charge is 0.491 e. The van der Waals surface area contributed by atoms with Crippen molar-refractivity contribution >= 4 is 5.97 Å². The maximum Gasteiger partial charge on any atom is 0.337 e. The number of rotatable bonds is 9. The molecule has 1 unspecified atom stereocenters. The fourth-order valence-electron chi connectivity index (χ4n) is 3.52. The van der Waals surface area contributed by atoms with Gasteiger partial charge in [-0.15, -0.1) is 0 Å². The molecule has 1 aliphatic heterocycles. The Bertz CT molecular complexity index is 760. The molecule has 3 rings (SSSR count). The molecule has 6 heteroatoms. The van der Waals surface area contributed by atoms with Crippen LogP contribution in [-0.2, 0) is 11.3 Å². The van der Waals surface area contributed by atoms with E-state index >= 15 is 0 Å². The molecule has 2 aromatic carbocycles. The Kier molecular flexibility index (Phi) is 8.04. The van der Waals surface area contributed by atoms with Gasteiger partial charge in [0.2, 0.25) is 0 Å². The SMILES string of the molecule is COC(=O)c1cccc(OCC(O)CNC2CCN(Cc3ccccc3)CC2)c1. The van der Waals surface area contributed by atoms with Gasteiger partial charge >= 0.3 is 5.97 Å². The summed E-state index contributed by atoms with van der Waals surface area (Å²) >= 11 is 0. The molecule has 156 valence electrons. The van der Waals surface area contributed by atoms with Crippen LogP contribution in [0.15, 0.2) is 54.6 Å². The second kappa shape index (κ2) is 11.0. The molecule has 0 radical (unpaired) electrons. The zero-order chi connectivity index (χ0) is 20.5. The minimum Gasteiger partial charge on any atom is -0.491 e. The number of benzene rings is 2. The van der Waals surface area contributed by atoms with Gasteiger partial charge in [-0.1, -0.05) is 36.4 Å². The molecule has 2 N–H and O–H groups in total. The summed E-state index contributed by atoms with van der Waals surface area (Å²) < 4.78 is 10.3. The van der Waals surface area contributed by atoms with Crippen molar-refractivity contribution in [2.75, 3.05) is 33.4 Å². The predicted octanol–water partition coefficient (Wildman–Crippen LogP) is 2.47. The van der Waals surface area contributed by atoms with Crippen LogP contribution in [0.4, 0.5) is 0 Å². The number of nitrogens with one attached hydrogen (secondary N) is 1. The predicted molar refractivity (Wildman–Crippen MR) is 112 cm³/mol. The lowest BCUT2D eigenvalue weighted by molar-refractivity contribution is 0.0600. The number of likely N-dealkylation sites (tertiary alicyclic amines) is 1. The summed E-state index contributed by atoms with van der Waals surface area (Å²) in [6.45, 7) is 3.76. The van der Waals surface area contributed by atoms with Gasteiger partial charge in [0.05, 0.1) is 12.7 Å². The van der Waals surface area contributed by atoms with Gasteiger partial charge in [0, 0.05) is 19.1 Å². The zero-order valence-electron chi connectivity index (χ0n) is 16.9. The molecule has 1 aliphatic rings. The highest BCUT2D eigenvalue weighted by molar-refractivity contribution is 5.89. The standard InChI is InChI=1S/C23H30N2O4/c1-28-23(27)19-8-5-9-22(14-19)29-17-21(26)15-24-20-10-12-25(13-11-20)16-18-6-3-2-4-7-18/h2-9,14,20-21,24,26H,10-13,15-17H2,1H3. The number of methoxy groups -OCH3 is 1. The lowest BCUT2D eigenvalue weighted by atomic mass is 10.0. The number of aliphatic hydroxyl groups excluding tert-OH is 1. The summed E-state index contributed by atoms with van der Waals surface area (Å²) in [6.07, 6.45) is 1.53. The molecule has 1 atom stereocenters. The van der Waals surface area contributed by atoms with Gasteiger partial charge in [-0.3, -0.25) is 4.90 Å². The Morgan fingerprint density at radius 3 is 2.66 bits per heavy atom. The minimum absolute atomic E-state index is 0.171. The Hall–Kier alpha value is -2.41. The maximum atomic E-state index is 11.6. The van der Waals surface area contributed by atoms with E-state index in [2.05, 4.69) is 34.5 Å². The first-order chi connectivity index (χ1) is 14.1. The Morgan fingerprint density at radius 1 is 1.17 bits per heavy atom. The molecule has 0 aromatic heterocycles. The van der Waals surface area contributed by atoms with E-state index in [0.717, 1.165) is 32.5 Å². The topological polar surface area (TPSA) is 71.0 Å². The first-order valence-corrected chi connectivity index (χ1v) is 10.1. The summed E-state index contributed by atoms with van der Waals surface area (Å²) in [4.78, 5) is 14.0. The highest BCUT2D eigenvalue weighted by Gasteiger charge is 2.19. The molecule has 0 amide bonds. The van der Waals surface area contributed by atoms with E-state index in [1.807, 2.05) is 6.07 Å². The molecule has 0 aliphatic carbocycles. The molecule has 29 heavy (non-hydrogen) atoms. The van der Waals surface area contributed by atoms with Crippen LogP contribution in [0.25, 0.3) is 0 Å². The highest BCUT2D eigenvalue weighted by Crippen LogP contribution is 2.15. The molecule has 6 nitrogen and oxygen atoms in total. The third-order valence-corrected chi connectivity index (χ3v) is 5.18. The third kappa shape index (κ3) is 6.85.